The summed E-state index contributed by atoms with van der Waals surface area (Å²) in [5, 5.41) is 29.9. The topological polar surface area (TPSA) is 257 Å². The van der Waals surface area contributed by atoms with Gasteiger partial charge in [-0.3, -0.25) is 9.59 Å². The van der Waals surface area contributed by atoms with Crippen molar-refractivity contribution >= 4 is 52.4 Å². The highest BCUT2D eigenvalue weighted by Crippen LogP contribution is 2.19. The van der Waals surface area contributed by atoms with Crippen LogP contribution in [0.15, 0.2) is 24.4 Å². The minimum atomic E-state index is -5.08. The number of aromatic nitrogens is 4. The fraction of sp³-hybridized carbons (Fsp3) is 0.238. The molecule has 0 saturated heterocycles. The molecule has 0 saturated carbocycles. The highest BCUT2D eigenvalue weighted by atomic mass is 19.4. The van der Waals surface area contributed by atoms with E-state index in [9.17, 15) is 31.9 Å². The number of fused-ring (bicyclic) bond motifs is 1. The third-order valence-electron chi connectivity index (χ3n) is 4.69. The van der Waals surface area contributed by atoms with Crippen molar-refractivity contribution in [2.24, 2.45) is 0 Å². The van der Waals surface area contributed by atoms with Gasteiger partial charge in [0.05, 0.1) is 24.1 Å². The second-order valence-electron chi connectivity index (χ2n) is 7.65. The van der Waals surface area contributed by atoms with E-state index in [1.807, 2.05) is 0 Å². The number of hydrogen-bond donors (Lipinski definition) is 7. The molecule has 0 spiro atoms. The normalized spacial score (nSPS) is 11.6. The highest BCUT2D eigenvalue weighted by molar-refractivity contribution is 5.97. The summed E-state index contributed by atoms with van der Waals surface area (Å²) in [7, 11) is 0. The van der Waals surface area contributed by atoms with Crippen molar-refractivity contribution in [1.82, 2.24) is 25.3 Å². The number of carboxylic acid groups (broad SMARTS) is 3. The maximum absolute atomic E-state index is 14.5. The lowest BCUT2D eigenvalue weighted by atomic mass is 10.1. The first-order valence-corrected chi connectivity index (χ1v) is 10.7. The molecule has 19 heteroatoms. The van der Waals surface area contributed by atoms with Gasteiger partial charge in [-0.25, -0.2) is 23.9 Å². The van der Waals surface area contributed by atoms with Gasteiger partial charge >= 0.3 is 24.1 Å². The van der Waals surface area contributed by atoms with E-state index in [1.54, 1.807) is 0 Å². The Balaban J connectivity index is 0.000000708. The van der Waals surface area contributed by atoms with E-state index in [4.69, 9.17) is 31.6 Å². The van der Waals surface area contributed by atoms with Crippen LogP contribution >= 0.6 is 0 Å². The van der Waals surface area contributed by atoms with Crippen LogP contribution in [-0.4, -0.2) is 71.3 Å². The zero-order chi connectivity index (χ0) is 30.2. The molecule has 0 radical (unpaired) electrons. The van der Waals surface area contributed by atoms with Crippen LogP contribution in [0.25, 0.3) is 11.2 Å². The van der Waals surface area contributed by atoms with Gasteiger partial charge in [0, 0.05) is 12.0 Å². The van der Waals surface area contributed by atoms with Crippen molar-refractivity contribution in [3.63, 3.8) is 0 Å². The molecule has 2 aromatic heterocycles. The number of nitrogens with one attached hydrogen (secondary N) is 2. The first-order valence-electron chi connectivity index (χ1n) is 10.7. The highest BCUT2D eigenvalue weighted by Gasteiger charge is 2.38. The number of benzene rings is 1. The summed E-state index contributed by atoms with van der Waals surface area (Å²) in [4.78, 5) is 59.1. The maximum Gasteiger partial charge on any atom is 0.490 e. The first kappa shape index (κ1) is 30.9. The number of carboxylic acids is 3. The largest absolute Gasteiger partial charge is 0.490 e. The summed E-state index contributed by atoms with van der Waals surface area (Å²) in [6.07, 6.45) is -4.44. The molecule has 0 aliphatic carbocycles. The summed E-state index contributed by atoms with van der Waals surface area (Å²) in [5.41, 5.74) is 12.1. The Bertz CT molecular complexity index is 1440. The van der Waals surface area contributed by atoms with Crippen LogP contribution in [0.3, 0.4) is 0 Å². The Morgan fingerprint density at radius 1 is 1.02 bits per heavy atom. The number of amides is 1. The van der Waals surface area contributed by atoms with Crippen molar-refractivity contribution in [1.29, 1.82) is 0 Å². The minimum Gasteiger partial charge on any atom is -0.481 e. The average molecular weight is 572 g/mol. The van der Waals surface area contributed by atoms with Crippen LogP contribution < -0.4 is 22.1 Å². The Hall–Kier alpha value is -5.36. The van der Waals surface area contributed by atoms with Gasteiger partial charge in [0.15, 0.2) is 17.0 Å². The Morgan fingerprint density at radius 3 is 2.23 bits per heavy atom. The van der Waals surface area contributed by atoms with Crippen molar-refractivity contribution in [2.45, 2.75) is 31.6 Å². The summed E-state index contributed by atoms with van der Waals surface area (Å²) >= 11 is 0. The number of hydrogen-bond acceptors (Lipinski definition) is 11. The number of carbonyl (C=O) groups is 4. The predicted octanol–water partition coefficient (Wildman–Crippen LogP) is 1.02. The fourth-order valence-electron chi connectivity index (χ4n) is 2.82. The molecular weight excluding hydrogens is 552 g/mol. The molecule has 1 atom stereocenters. The number of anilines is 3. The SMILES string of the molecule is Nc1nc(N)c2nc(CNc3ccc(C(=O)NC(CCC(=O)O)C(=O)O)cc3F)cnc2n1.O=C(O)C(F)(F)F. The lowest BCUT2D eigenvalue weighted by Crippen LogP contribution is -2.41. The molecule has 15 nitrogen and oxygen atoms in total. The first-order chi connectivity index (χ1) is 18.6. The number of rotatable bonds is 9. The van der Waals surface area contributed by atoms with Gasteiger partial charge in [-0.2, -0.15) is 23.1 Å². The average Bonchev–Trinajstić information content (AvgIpc) is 2.85. The van der Waals surface area contributed by atoms with Crippen molar-refractivity contribution < 1.29 is 52.1 Å². The minimum absolute atomic E-state index is 0.0390. The van der Waals surface area contributed by atoms with Gasteiger partial charge in [0.2, 0.25) is 5.95 Å². The number of alkyl halides is 3. The number of nitrogens with two attached hydrogens (primary N) is 2. The Kier molecular flexibility index (Phi) is 9.98. The molecule has 3 aromatic rings. The summed E-state index contributed by atoms with van der Waals surface area (Å²) in [6.45, 7) is 0.0610. The number of nitrogens with zero attached hydrogens (tertiary/aromatic N) is 4. The molecule has 0 bridgehead atoms. The second kappa shape index (κ2) is 12.9. The smallest absolute Gasteiger partial charge is 0.481 e. The molecule has 0 fully saturated rings. The second-order valence-corrected chi connectivity index (χ2v) is 7.65. The van der Waals surface area contributed by atoms with Crippen LogP contribution in [0.5, 0.6) is 0 Å². The third kappa shape index (κ3) is 8.89. The lowest BCUT2D eigenvalue weighted by Gasteiger charge is -2.14. The van der Waals surface area contributed by atoms with Gasteiger partial charge in [-0.15, -0.1) is 0 Å². The van der Waals surface area contributed by atoms with Crippen LogP contribution in [0.4, 0.5) is 35.0 Å². The van der Waals surface area contributed by atoms with Crippen LogP contribution in [-0.2, 0) is 20.9 Å². The number of halogens is 4. The molecule has 0 aliphatic heterocycles. The molecule has 214 valence electrons. The monoisotopic (exact) mass is 572 g/mol. The molecule has 3 rings (SSSR count). The van der Waals surface area contributed by atoms with E-state index in [2.05, 4.69) is 30.6 Å². The lowest BCUT2D eigenvalue weighted by molar-refractivity contribution is -0.192. The third-order valence-corrected chi connectivity index (χ3v) is 4.69. The van der Waals surface area contributed by atoms with E-state index in [-0.39, 0.29) is 47.1 Å². The molecule has 1 aromatic carbocycles. The summed E-state index contributed by atoms with van der Waals surface area (Å²) in [5.74, 6) is -6.97. The Labute approximate surface area is 220 Å². The van der Waals surface area contributed by atoms with Gasteiger partial charge in [-0.1, -0.05) is 0 Å². The molecule has 0 aliphatic rings. The molecule has 40 heavy (non-hydrogen) atoms. The van der Waals surface area contributed by atoms with E-state index in [1.165, 1.54) is 18.3 Å². The van der Waals surface area contributed by atoms with Gasteiger partial charge in [-0.05, 0) is 24.6 Å². The van der Waals surface area contributed by atoms with Crippen molar-refractivity contribution in [2.75, 3.05) is 16.8 Å². The van der Waals surface area contributed by atoms with Crippen LogP contribution in [0, 0.1) is 5.82 Å². The Morgan fingerprint density at radius 2 is 1.68 bits per heavy atom. The molecule has 9 N–H and O–H groups in total. The van der Waals surface area contributed by atoms with E-state index >= 15 is 0 Å². The summed E-state index contributed by atoms with van der Waals surface area (Å²) < 4.78 is 46.2. The van der Waals surface area contributed by atoms with Gasteiger partial charge in [0.25, 0.3) is 5.91 Å². The van der Waals surface area contributed by atoms with Crippen LogP contribution in [0.1, 0.15) is 28.9 Å². The quantitative estimate of drug-likeness (QED) is 0.177. The van der Waals surface area contributed by atoms with Crippen molar-refractivity contribution in [3.05, 3.63) is 41.5 Å². The number of nitrogen functional groups attached to an aromatic ring is 2. The van der Waals surface area contributed by atoms with Gasteiger partial charge in [0.1, 0.15) is 11.9 Å². The zero-order valence-electron chi connectivity index (χ0n) is 19.9. The fourth-order valence-corrected chi connectivity index (χ4v) is 2.82. The van der Waals surface area contributed by atoms with E-state index in [0.29, 0.717) is 5.69 Å². The van der Waals surface area contributed by atoms with Crippen molar-refractivity contribution in [3.8, 4) is 0 Å². The van der Waals surface area contributed by atoms with Crippen LogP contribution in [0.2, 0.25) is 0 Å². The standard InChI is InChI=1S/C19H19FN8O5.C2HF3O2/c20-10-5-8(17(31)26-12(18(32)33)3-4-13(29)30)1-2-11(10)23-6-9-7-24-16-14(25-9)15(21)27-19(22)28-16;3-2(4,5)1(6)7/h1-2,5,7,12,23H,3-4,6H2,(H,26,31)(H,29,30)(H,32,33)(H4,21,22,24,27,28);(H,6,7). The molecule has 1 unspecified atom stereocenters. The van der Waals surface area contributed by atoms with Gasteiger partial charge < -0.3 is 37.4 Å². The van der Waals surface area contributed by atoms with E-state index in [0.717, 1.165) is 6.07 Å². The molecular formula is C21H20F4N8O7. The maximum atomic E-state index is 14.5. The number of aliphatic carboxylic acids is 3. The predicted molar refractivity (Wildman–Crippen MR) is 127 cm³/mol. The molecule has 2 heterocycles. The molecule has 1 amide bonds. The number of carbonyl (C=O) groups excluding carboxylic acids is 1. The van der Waals surface area contributed by atoms with E-state index < -0.39 is 48.3 Å². The zero-order valence-corrected chi connectivity index (χ0v) is 19.9. The summed E-state index contributed by atoms with van der Waals surface area (Å²) in [6, 6.07) is 2.09.